The Morgan fingerprint density at radius 3 is 2.20 bits per heavy atom. The Hall–Kier alpha value is -0.820. The first kappa shape index (κ1) is 14.1. The highest BCUT2D eigenvalue weighted by atomic mass is 14.9. The van der Waals surface area contributed by atoms with Crippen LogP contribution < -0.4 is 5.32 Å². The van der Waals surface area contributed by atoms with Gasteiger partial charge in [-0.1, -0.05) is 49.1 Å². The molecule has 2 aliphatic rings. The van der Waals surface area contributed by atoms with Gasteiger partial charge in [0.2, 0.25) is 0 Å². The molecule has 3 unspecified atom stereocenters. The van der Waals surface area contributed by atoms with Crippen LogP contribution in [-0.2, 0) is 0 Å². The lowest BCUT2D eigenvalue weighted by Gasteiger charge is -2.21. The molecule has 1 aromatic carbocycles. The summed E-state index contributed by atoms with van der Waals surface area (Å²) in [6, 6.07) is 7.71. The number of fused-ring (bicyclic) bond motifs is 1. The van der Waals surface area contributed by atoms with Gasteiger partial charge < -0.3 is 5.32 Å². The second-order valence-electron chi connectivity index (χ2n) is 7.04. The molecule has 1 nitrogen and oxygen atoms in total. The monoisotopic (exact) mass is 271 g/mol. The fourth-order valence-electron chi connectivity index (χ4n) is 4.51. The summed E-state index contributed by atoms with van der Waals surface area (Å²) in [5, 5.41) is 3.86. The molecule has 2 aliphatic carbocycles. The van der Waals surface area contributed by atoms with Gasteiger partial charge in [0.25, 0.3) is 0 Å². The van der Waals surface area contributed by atoms with Gasteiger partial charge >= 0.3 is 0 Å². The van der Waals surface area contributed by atoms with Crippen LogP contribution in [0.15, 0.2) is 18.2 Å². The van der Waals surface area contributed by atoms with E-state index in [1.165, 1.54) is 48.8 Å². The number of benzene rings is 1. The highest BCUT2D eigenvalue weighted by Gasteiger charge is 2.54. The molecule has 2 fully saturated rings. The van der Waals surface area contributed by atoms with Crippen LogP contribution in [0.2, 0.25) is 0 Å². The molecule has 1 N–H and O–H groups in total. The normalized spacial score (nSPS) is 29.9. The largest absolute Gasteiger partial charge is 0.310 e. The first-order valence-electron chi connectivity index (χ1n) is 8.52. The molecule has 0 spiro atoms. The quantitative estimate of drug-likeness (QED) is 0.812. The smallest absolute Gasteiger partial charge is 0.0354 e. The van der Waals surface area contributed by atoms with Crippen LogP contribution in [0.4, 0.5) is 0 Å². The summed E-state index contributed by atoms with van der Waals surface area (Å²) in [6.07, 6.45) is 7.11. The molecule has 0 saturated heterocycles. The van der Waals surface area contributed by atoms with Crippen LogP contribution in [-0.4, -0.2) is 6.54 Å². The van der Waals surface area contributed by atoms with E-state index in [-0.39, 0.29) is 0 Å². The average Bonchev–Trinajstić information content (AvgIpc) is 3.13. The van der Waals surface area contributed by atoms with E-state index < -0.39 is 0 Å². The summed E-state index contributed by atoms with van der Waals surface area (Å²) in [7, 11) is 0. The molecule has 0 heterocycles. The molecular formula is C19H29N. The van der Waals surface area contributed by atoms with Gasteiger partial charge in [-0.05, 0) is 63.0 Å². The third-order valence-electron chi connectivity index (χ3n) is 5.33. The van der Waals surface area contributed by atoms with Gasteiger partial charge in [0.15, 0.2) is 0 Å². The van der Waals surface area contributed by atoms with Gasteiger partial charge in [-0.3, -0.25) is 0 Å². The molecule has 0 radical (unpaired) electrons. The van der Waals surface area contributed by atoms with Gasteiger partial charge in [0.1, 0.15) is 0 Å². The van der Waals surface area contributed by atoms with Crippen molar-refractivity contribution in [2.75, 3.05) is 6.54 Å². The third-order valence-corrected chi connectivity index (χ3v) is 5.33. The number of aryl methyl sites for hydroxylation is 2. The number of nitrogens with one attached hydrogen (secondary N) is 1. The van der Waals surface area contributed by atoms with Crippen molar-refractivity contribution in [3.05, 3.63) is 34.9 Å². The van der Waals surface area contributed by atoms with Crippen molar-refractivity contribution in [3.63, 3.8) is 0 Å². The Labute approximate surface area is 124 Å². The van der Waals surface area contributed by atoms with E-state index in [1.807, 2.05) is 0 Å². The molecule has 0 aromatic heterocycles. The van der Waals surface area contributed by atoms with Gasteiger partial charge in [0, 0.05) is 6.04 Å². The highest BCUT2D eigenvalue weighted by molar-refractivity contribution is 5.32. The minimum atomic E-state index is 0.599. The Balaban J connectivity index is 1.82. The Morgan fingerprint density at radius 1 is 1.05 bits per heavy atom. The summed E-state index contributed by atoms with van der Waals surface area (Å²) >= 11 is 0. The van der Waals surface area contributed by atoms with Crippen molar-refractivity contribution < 1.29 is 0 Å². The summed E-state index contributed by atoms with van der Waals surface area (Å²) in [5.41, 5.74) is 4.36. The van der Waals surface area contributed by atoms with E-state index in [0.29, 0.717) is 6.04 Å². The molecule has 0 aliphatic heterocycles. The number of hydrogen-bond acceptors (Lipinski definition) is 1. The number of hydrogen-bond donors (Lipinski definition) is 1. The van der Waals surface area contributed by atoms with E-state index in [0.717, 1.165) is 24.3 Å². The third kappa shape index (κ3) is 2.79. The molecule has 1 heteroatoms. The first-order valence-corrected chi connectivity index (χ1v) is 8.52. The van der Waals surface area contributed by atoms with Gasteiger partial charge in [-0.25, -0.2) is 0 Å². The fraction of sp³-hybridized carbons (Fsp3) is 0.684. The zero-order valence-corrected chi connectivity index (χ0v) is 13.3. The molecule has 0 bridgehead atoms. The lowest BCUT2D eigenvalue weighted by atomic mass is 9.96. The molecule has 3 atom stereocenters. The molecule has 3 rings (SSSR count). The molecule has 20 heavy (non-hydrogen) atoms. The zero-order valence-electron chi connectivity index (χ0n) is 13.3. The molecule has 110 valence electrons. The lowest BCUT2D eigenvalue weighted by molar-refractivity contribution is 0.445. The van der Waals surface area contributed by atoms with Crippen molar-refractivity contribution in [2.45, 2.75) is 58.9 Å². The Bertz CT molecular complexity index is 433. The topological polar surface area (TPSA) is 12.0 Å². The van der Waals surface area contributed by atoms with Crippen molar-refractivity contribution in [2.24, 2.45) is 17.8 Å². The van der Waals surface area contributed by atoms with Crippen LogP contribution in [0.3, 0.4) is 0 Å². The van der Waals surface area contributed by atoms with E-state index in [4.69, 9.17) is 0 Å². The lowest BCUT2D eigenvalue weighted by Crippen LogP contribution is -2.25. The van der Waals surface area contributed by atoms with Crippen molar-refractivity contribution in [1.82, 2.24) is 5.32 Å². The summed E-state index contributed by atoms with van der Waals surface area (Å²) in [6.45, 7) is 7.87. The van der Waals surface area contributed by atoms with E-state index in [1.54, 1.807) is 0 Å². The zero-order chi connectivity index (χ0) is 14.1. The maximum absolute atomic E-state index is 3.86. The van der Waals surface area contributed by atoms with Crippen LogP contribution >= 0.6 is 0 Å². The van der Waals surface area contributed by atoms with Gasteiger partial charge in [-0.15, -0.1) is 0 Å². The minimum absolute atomic E-state index is 0.599. The summed E-state index contributed by atoms with van der Waals surface area (Å²) in [4.78, 5) is 0. The van der Waals surface area contributed by atoms with Crippen LogP contribution in [0, 0.1) is 31.6 Å². The highest BCUT2D eigenvalue weighted by Crippen LogP contribution is 2.60. The van der Waals surface area contributed by atoms with Gasteiger partial charge in [0.05, 0.1) is 0 Å². The van der Waals surface area contributed by atoms with Crippen molar-refractivity contribution >= 4 is 0 Å². The Morgan fingerprint density at radius 2 is 1.65 bits per heavy atom. The fourth-order valence-corrected chi connectivity index (χ4v) is 4.51. The van der Waals surface area contributed by atoms with Crippen LogP contribution in [0.25, 0.3) is 0 Å². The predicted octanol–water partition coefficient (Wildman–Crippen LogP) is 4.78. The second kappa shape index (κ2) is 5.89. The first-order chi connectivity index (χ1) is 9.70. The van der Waals surface area contributed by atoms with Crippen LogP contribution in [0.5, 0.6) is 0 Å². The van der Waals surface area contributed by atoms with E-state index in [2.05, 4.69) is 44.3 Å². The molecular weight excluding hydrogens is 242 g/mol. The maximum Gasteiger partial charge on any atom is 0.0354 e. The summed E-state index contributed by atoms with van der Waals surface area (Å²) < 4.78 is 0. The Kier molecular flexibility index (Phi) is 4.16. The van der Waals surface area contributed by atoms with E-state index in [9.17, 15) is 0 Å². The standard InChI is InChI=1S/C19H29N/c1-4-9-20-19(15-11-13(2)10-14(3)12-15)18-16-7-5-6-8-17(16)18/h10-12,16-20H,4-9H2,1-3H3. The molecule has 0 amide bonds. The van der Waals surface area contributed by atoms with E-state index >= 15 is 0 Å². The SMILES string of the molecule is CCCNC(c1cc(C)cc(C)c1)C1C2CCCCC21. The van der Waals surface area contributed by atoms with Crippen molar-refractivity contribution in [1.29, 1.82) is 0 Å². The minimum Gasteiger partial charge on any atom is -0.310 e. The average molecular weight is 271 g/mol. The second-order valence-corrected chi connectivity index (χ2v) is 7.04. The number of rotatable bonds is 5. The predicted molar refractivity (Wildman–Crippen MR) is 85.9 cm³/mol. The summed E-state index contributed by atoms with van der Waals surface area (Å²) in [5.74, 6) is 2.93. The molecule has 1 aromatic rings. The van der Waals surface area contributed by atoms with Crippen LogP contribution in [0.1, 0.15) is 61.8 Å². The van der Waals surface area contributed by atoms with Gasteiger partial charge in [-0.2, -0.15) is 0 Å². The van der Waals surface area contributed by atoms with Crippen molar-refractivity contribution in [3.8, 4) is 0 Å². The molecule has 2 saturated carbocycles. The maximum atomic E-state index is 3.86.